The van der Waals surface area contributed by atoms with Crippen LogP contribution in [0.3, 0.4) is 0 Å². The molecule has 0 bridgehead atoms. The number of ether oxygens (including phenoxy) is 1. The minimum Gasteiger partial charge on any atom is -0.469 e. The van der Waals surface area contributed by atoms with Crippen LogP contribution in [-0.4, -0.2) is 30.8 Å². The number of hydrogen-bond acceptors (Lipinski definition) is 4. The van der Waals surface area contributed by atoms with E-state index in [4.69, 9.17) is 0 Å². The predicted octanol–water partition coefficient (Wildman–Crippen LogP) is 0.669. The Hall–Kier alpha value is -1.39. The Morgan fingerprint density at radius 1 is 1.25 bits per heavy atom. The van der Waals surface area contributed by atoms with Crippen LogP contribution in [0.15, 0.2) is 0 Å². The molecule has 1 N–H and O–H groups in total. The second kappa shape index (κ2) is 6.98. The molecule has 0 radical (unpaired) electrons. The number of hydrogen-bond donors (Lipinski definition) is 1. The molecule has 0 aromatic carbocycles. The average molecular weight is 229 g/mol. The number of rotatable bonds is 6. The highest BCUT2D eigenvalue weighted by molar-refractivity contribution is 5.97. The van der Waals surface area contributed by atoms with E-state index in [2.05, 4.69) is 10.1 Å². The molecule has 1 amide bonds. The molecule has 0 saturated heterocycles. The molecule has 0 aliphatic rings. The van der Waals surface area contributed by atoms with Gasteiger partial charge in [-0.25, -0.2) is 0 Å². The first-order chi connectivity index (χ1) is 7.42. The van der Waals surface area contributed by atoms with Crippen LogP contribution in [0.2, 0.25) is 0 Å². The molecule has 0 heterocycles. The van der Waals surface area contributed by atoms with E-state index in [1.807, 2.05) is 13.8 Å². The van der Waals surface area contributed by atoms with Gasteiger partial charge in [0.2, 0.25) is 5.91 Å². The van der Waals surface area contributed by atoms with Crippen molar-refractivity contribution < 1.29 is 19.1 Å². The van der Waals surface area contributed by atoms with Gasteiger partial charge in [-0.1, -0.05) is 20.8 Å². The fraction of sp³-hybridized carbons (Fsp3) is 0.727. The fourth-order valence-corrected chi connectivity index (χ4v) is 1.27. The molecule has 5 heteroatoms. The van der Waals surface area contributed by atoms with Gasteiger partial charge in [-0.3, -0.25) is 14.4 Å². The lowest BCUT2D eigenvalue weighted by molar-refractivity contribution is -0.144. The first kappa shape index (κ1) is 14.6. The minimum atomic E-state index is -0.607. The quantitative estimate of drug-likeness (QED) is 0.536. The van der Waals surface area contributed by atoms with E-state index in [1.54, 1.807) is 6.92 Å². The third kappa shape index (κ3) is 4.91. The van der Waals surface area contributed by atoms with Crippen LogP contribution >= 0.6 is 0 Å². The van der Waals surface area contributed by atoms with E-state index < -0.39 is 17.9 Å². The third-order valence-electron chi connectivity index (χ3n) is 2.21. The largest absolute Gasteiger partial charge is 0.469 e. The summed E-state index contributed by atoms with van der Waals surface area (Å²) < 4.78 is 4.37. The molecule has 0 aliphatic carbocycles. The number of carbonyl (C=O) groups excluding carboxylic acids is 3. The lowest BCUT2D eigenvalue weighted by Gasteiger charge is -2.20. The number of esters is 1. The molecule has 92 valence electrons. The van der Waals surface area contributed by atoms with Crippen LogP contribution < -0.4 is 5.32 Å². The van der Waals surface area contributed by atoms with E-state index in [0.717, 1.165) is 0 Å². The molecular formula is C11H19NO4. The number of carbonyl (C=O) groups is 3. The SMILES string of the molecule is CCC(=O)C(NC(=O)CC(=O)OC)C(C)C. The zero-order valence-electron chi connectivity index (χ0n) is 10.2. The highest BCUT2D eigenvalue weighted by Crippen LogP contribution is 2.05. The van der Waals surface area contributed by atoms with Crippen LogP contribution in [0.5, 0.6) is 0 Å². The Balaban J connectivity index is 4.35. The number of methoxy groups -OCH3 is 1. The zero-order chi connectivity index (χ0) is 12.7. The molecule has 0 spiro atoms. The Bertz CT molecular complexity index is 273. The van der Waals surface area contributed by atoms with Gasteiger partial charge in [0.25, 0.3) is 0 Å². The topological polar surface area (TPSA) is 72.5 Å². The van der Waals surface area contributed by atoms with Gasteiger partial charge in [0.05, 0.1) is 13.2 Å². The van der Waals surface area contributed by atoms with E-state index >= 15 is 0 Å². The maximum absolute atomic E-state index is 11.5. The summed E-state index contributed by atoms with van der Waals surface area (Å²) in [6.45, 7) is 5.43. The van der Waals surface area contributed by atoms with Gasteiger partial charge in [0.1, 0.15) is 6.42 Å². The van der Waals surface area contributed by atoms with E-state index in [9.17, 15) is 14.4 Å². The molecule has 0 aromatic rings. The van der Waals surface area contributed by atoms with Crippen molar-refractivity contribution in [2.75, 3.05) is 7.11 Å². The van der Waals surface area contributed by atoms with Crippen LogP contribution in [0.1, 0.15) is 33.6 Å². The molecule has 0 aromatic heterocycles. The van der Waals surface area contributed by atoms with Gasteiger partial charge in [-0.2, -0.15) is 0 Å². The predicted molar refractivity (Wildman–Crippen MR) is 58.7 cm³/mol. The first-order valence-corrected chi connectivity index (χ1v) is 5.31. The maximum atomic E-state index is 11.5. The van der Waals surface area contributed by atoms with Gasteiger partial charge < -0.3 is 10.1 Å². The van der Waals surface area contributed by atoms with E-state index in [1.165, 1.54) is 7.11 Å². The van der Waals surface area contributed by atoms with Gasteiger partial charge >= 0.3 is 5.97 Å². The third-order valence-corrected chi connectivity index (χ3v) is 2.21. The smallest absolute Gasteiger partial charge is 0.315 e. The van der Waals surface area contributed by atoms with Crippen molar-refractivity contribution in [3.05, 3.63) is 0 Å². The molecule has 5 nitrogen and oxygen atoms in total. The lowest BCUT2D eigenvalue weighted by atomic mass is 9.98. The van der Waals surface area contributed by atoms with E-state index in [-0.39, 0.29) is 18.1 Å². The standard InChI is InChI=1S/C11H19NO4/c1-5-8(13)11(7(2)3)12-9(14)6-10(15)16-4/h7,11H,5-6H2,1-4H3,(H,12,14). The normalized spacial score (nSPS) is 12.1. The molecular weight excluding hydrogens is 210 g/mol. The molecule has 0 aliphatic heterocycles. The zero-order valence-corrected chi connectivity index (χ0v) is 10.2. The van der Waals surface area contributed by atoms with Crippen molar-refractivity contribution in [3.8, 4) is 0 Å². The second-order valence-corrected chi connectivity index (χ2v) is 3.86. The highest BCUT2D eigenvalue weighted by atomic mass is 16.5. The van der Waals surface area contributed by atoms with Gasteiger partial charge in [0, 0.05) is 6.42 Å². The number of nitrogens with one attached hydrogen (secondary N) is 1. The summed E-state index contributed by atoms with van der Waals surface area (Å²) >= 11 is 0. The second-order valence-electron chi connectivity index (χ2n) is 3.86. The summed E-state index contributed by atoms with van der Waals surface area (Å²) in [6.07, 6.45) is 0.0120. The summed E-state index contributed by atoms with van der Waals surface area (Å²) in [5.41, 5.74) is 0. The Kier molecular flexibility index (Phi) is 6.37. The monoisotopic (exact) mass is 229 g/mol. The molecule has 1 atom stereocenters. The Morgan fingerprint density at radius 2 is 1.81 bits per heavy atom. The summed E-state index contributed by atoms with van der Waals surface area (Å²) in [6, 6.07) is -0.526. The fourth-order valence-electron chi connectivity index (χ4n) is 1.27. The highest BCUT2D eigenvalue weighted by Gasteiger charge is 2.23. The summed E-state index contributed by atoms with van der Waals surface area (Å²) in [5.74, 6) is -1.11. The number of ketones is 1. The average Bonchev–Trinajstić information content (AvgIpc) is 2.24. The summed E-state index contributed by atoms with van der Waals surface area (Å²) in [5, 5.41) is 2.54. The lowest BCUT2D eigenvalue weighted by Crippen LogP contribution is -2.44. The Labute approximate surface area is 95.5 Å². The summed E-state index contributed by atoms with van der Waals surface area (Å²) in [7, 11) is 1.22. The van der Waals surface area contributed by atoms with Crippen molar-refractivity contribution >= 4 is 17.7 Å². The van der Waals surface area contributed by atoms with Gasteiger partial charge in [-0.05, 0) is 5.92 Å². The minimum absolute atomic E-state index is 0.00838. The van der Waals surface area contributed by atoms with Crippen LogP contribution in [-0.2, 0) is 19.1 Å². The van der Waals surface area contributed by atoms with Crippen molar-refractivity contribution in [1.82, 2.24) is 5.32 Å². The van der Waals surface area contributed by atoms with Crippen LogP contribution in [0.25, 0.3) is 0 Å². The van der Waals surface area contributed by atoms with Crippen molar-refractivity contribution in [2.45, 2.75) is 39.7 Å². The van der Waals surface area contributed by atoms with Crippen molar-refractivity contribution in [1.29, 1.82) is 0 Å². The maximum Gasteiger partial charge on any atom is 0.315 e. The van der Waals surface area contributed by atoms with Gasteiger partial charge in [-0.15, -0.1) is 0 Å². The number of amides is 1. The van der Waals surface area contributed by atoms with Gasteiger partial charge in [0.15, 0.2) is 5.78 Å². The molecule has 0 fully saturated rings. The summed E-state index contributed by atoms with van der Waals surface area (Å²) in [4.78, 5) is 33.7. The van der Waals surface area contributed by atoms with Crippen molar-refractivity contribution in [3.63, 3.8) is 0 Å². The first-order valence-electron chi connectivity index (χ1n) is 5.31. The van der Waals surface area contributed by atoms with Crippen LogP contribution in [0.4, 0.5) is 0 Å². The molecule has 1 unspecified atom stereocenters. The van der Waals surface area contributed by atoms with E-state index in [0.29, 0.717) is 6.42 Å². The number of Topliss-reactive ketones (excluding diaryl/α,β-unsaturated/α-hetero) is 1. The molecule has 0 saturated carbocycles. The molecule has 16 heavy (non-hydrogen) atoms. The van der Waals surface area contributed by atoms with Crippen molar-refractivity contribution in [2.24, 2.45) is 5.92 Å². The Morgan fingerprint density at radius 3 is 2.19 bits per heavy atom. The van der Waals surface area contributed by atoms with Crippen LogP contribution in [0, 0.1) is 5.92 Å². The molecule has 0 rings (SSSR count).